The van der Waals surface area contributed by atoms with Crippen molar-refractivity contribution in [2.45, 2.75) is 69.0 Å². The Balaban J connectivity index is 5.30. The summed E-state index contributed by atoms with van der Waals surface area (Å²) in [5.74, 6) is -37.8. The van der Waals surface area contributed by atoms with E-state index in [4.69, 9.17) is 13.3 Å². The molecule has 0 saturated carbocycles. The van der Waals surface area contributed by atoms with Crippen molar-refractivity contribution in [1.82, 2.24) is 5.32 Å². The average Bonchev–Trinajstić information content (AvgIpc) is 2.74. The summed E-state index contributed by atoms with van der Waals surface area (Å²) in [6.45, 7) is 1.86. The Morgan fingerprint density at radius 1 is 0.676 bits per heavy atom. The van der Waals surface area contributed by atoms with Crippen LogP contribution in [0.1, 0.15) is 27.2 Å². The number of carbonyl (C=O) groups excluding carboxylic acids is 1. The highest BCUT2D eigenvalue weighted by molar-refractivity contribution is 6.60. The van der Waals surface area contributed by atoms with Crippen molar-refractivity contribution >= 4 is 14.9 Å². The molecule has 0 aliphatic carbocycles. The number of nitrogens with one attached hydrogen (secondary N) is 1. The van der Waals surface area contributed by atoms with Crippen molar-refractivity contribution in [2.24, 2.45) is 0 Å². The summed E-state index contributed by atoms with van der Waals surface area (Å²) in [7, 11) is -3.22. The monoisotopic (exact) mass is 597 g/mol. The molecule has 0 aliphatic heterocycles. The molecule has 0 aromatic carbocycles. The summed E-state index contributed by atoms with van der Waals surface area (Å²) in [5.41, 5.74) is 0. The van der Waals surface area contributed by atoms with Gasteiger partial charge in [0.1, 0.15) is 0 Å². The van der Waals surface area contributed by atoms with E-state index in [2.05, 4.69) is 4.74 Å². The van der Waals surface area contributed by atoms with E-state index < -0.39 is 63.8 Å². The molecule has 0 atom stereocenters. The lowest BCUT2D eigenvalue weighted by Crippen LogP contribution is -2.70. The van der Waals surface area contributed by atoms with Crippen LogP contribution in [0.2, 0.25) is 6.04 Å². The smallest absolute Gasteiger partial charge is 0.443 e. The van der Waals surface area contributed by atoms with Gasteiger partial charge >= 0.3 is 50.7 Å². The van der Waals surface area contributed by atoms with E-state index in [0.29, 0.717) is 0 Å². The second-order valence-electron chi connectivity index (χ2n) is 7.09. The van der Waals surface area contributed by atoms with Gasteiger partial charge in [-0.1, -0.05) is 0 Å². The predicted octanol–water partition coefficient (Wildman–Crippen LogP) is 5.89. The standard InChI is InChI=1S/C17H24F13NO5Si/c1-4-34-37(35-5-2,36-6-3)9-7-8-31-11(32)33-10-12(18,19)13(20,21)14(22,23)15(24,25)16(26,27)17(28,29)30/h4-10H2,1-3H3,(H,31,32). The molecule has 0 saturated heterocycles. The molecule has 0 bridgehead atoms. The van der Waals surface area contributed by atoms with Crippen LogP contribution in [0, 0.1) is 0 Å². The van der Waals surface area contributed by atoms with E-state index in [0.717, 1.165) is 0 Å². The van der Waals surface area contributed by atoms with Crippen LogP contribution in [-0.2, 0) is 18.0 Å². The molecule has 20 heteroatoms. The molecule has 1 amide bonds. The van der Waals surface area contributed by atoms with E-state index in [1.165, 1.54) is 0 Å². The van der Waals surface area contributed by atoms with Gasteiger partial charge < -0.3 is 23.3 Å². The second-order valence-corrected chi connectivity index (χ2v) is 9.82. The Bertz CT molecular complexity index is 720. The molecule has 222 valence electrons. The van der Waals surface area contributed by atoms with Crippen molar-refractivity contribution in [3.05, 3.63) is 0 Å². The number of hydrogen-bond donors (Lipinski definition) is 1. The van der Waals surface area contributed by atoms with Crippen molar-refractivity contribution < 1.29 is 79.9 Å². The Morgan fingerprint density at radius 3 is 1.46 bits per heavy atom. The van der Waals surface area contributed by atoms with Gasteiger partial charge in [-0.05, 0) is 27.2 Å². The van der Waals surface area contributed by atoms with Crippen LogP contribution < -0.4 is 5.32 Å². The van der Waals surface area contributed by atoms with E-state index >= 15 is 0 Å². The van der Waals surface area contributed by atoms with Gasteiger partial charge in [-0.15, -0.1) is 0 Å². The molecule has 0 aromatic heterocycles. The van der Waals surface area contributed by atoms with E-state index in [1.807, 2.05) is 0 Å². The molecule has 0 spiro atoms. The fraction of sp³-hybridized carbons (Fsp3) is 0.941. The minimum atomic E-state index is -8.02. The molecule has 0 fully saturated rings. The average molecular weight is 597 g/mol. The maximum Gasteiger partial charge on any atom is 0.500 e. The zero-order valence-electron chi connectivity index (χ0n) is 19.4. The number of ether oxygens (including phenoxy) is 1. The van der Waals surface area contributed by atoms with Gasteiger partial charge in [0, 0.05) is 32.4 Å². The molecule has 0 aliphatic rings. The highest BCUT2D eigenvalue weighted by atomic mass is 28.4. The van der Waals surface area contributed by atoms with Crippen LogP contribution in [0.4, 0.5) is 61.9 Å². The maximum atomic E-state index is 13.6. The lowest BCUT2D eigenvalue weighted by atomic mass is 9.94. The van der Waals surface area contributed by atoms with Crippen LogP contribution in [0.15, 0.2) is 0 Å². The molecule has 0 aromatic rings. The highest BCUT2D eigenvalue weighted by Gasteiger charge is 2.90. The zero-order valence-corrected chi connectivity index (χ0v) is 20.4. The number of carbonyl (C=O) groups is 1. The van der Waals surface area contributed by atoms with Gasteiger partial charge in [-0.3, -0.25) is 0 Å². The van der Waals surface area contributed by atoms with Crippen molar-refractivity contribution in [1.29, 1.82) is 0 Å². The normalized spacial score (nSPS) is 14.6. The highest BCUT2D eigenvalue weighted by Crippen LogP contribution is 2.60. The first kappa shape index (κ1) is 35.5. The van der Waals surface area contributed by atoms with Crippen LogP contribution in [0.5, 0.6) is 0 Å². The van der Waals surface area contributed by atoms with Gasteiger partial charge in [0.05, 0.1) is 0 Å². The van der Waals surface area contributed by atoms with Gasteiger partial charge in [-0.25, -0.2) is 4.79 Å². The lowest BCUT2D eigenvalue weighted by molar-refractivity contribution is -0.440. The number of alkyl halides is 13. The molecule has 0 rings (SSSR count). The van der Waals surface area contributed by atoms with Gasteiger partial charge in [0.2, 0.25) is 0 Å². The van der Waals surface area contributed by atoms with Crippen LogP contribution >= 0.6 is 0 Å². The molecule has 1 N–H and O–H groups in total. The first-order valence-corrected chi connectivity index (χ1v) is 12.2. The zero-order chi connectivity index (χ0) is 29.6. The number of hydrogen-bond acceptors (Lipinski definition) is 5. The van der Waals surface area contributed by atoms with E-state index in [9.17, 15) is 61.9 Å². The number of halogens is 13. The van der Waals surface area contributed by atoms with Crippen molar-refractivity contribution in [3.63, 3.8) is 0 Å². The van der Waals surface area contributed by atoms with E-state index in [1.54, 1.807) is 26.1 Å². The molecule has 0 unspecified atom stereocenters. The summed E-state index contributed by atoms with van der Waals surface area (Å²) >= 11 is 0. The van der Waals surface area contributed by atoms with Gasteiger partial charge in [-0.2, -0.15) is 57.1 Å². The Hall–Kier alpha value is -1.54. The van der Waals surface area contributed by atoms with Gasteiger partial charge in [0.25, 0.3) is 0 Å². The summed E-state index contributed by atoms with van der Waals surface area (Å²) in [6, 6.07) is 0.0474. The maximum absolute atomic E-state index is 13.6. The number of alkyl carbamates (subject to hydrolysis) is 1. The SMILES string of the molecule is CCO[Si](CCCNC(=O)OCC(F)(F)C(F)(F)C(F)(F)C(F)(F)C(F)(F)C(F)(F)F)(OCC)OCC. The summed E-state index contributed by atoms with van der Waals surface area (Å²) < 4.78 is 189. The van der Waals surface area contributed by atoms with Crippen LogP contribution in [0.3, 0.4) is 0 Å². The fourth-order valence-corrected chi connectivity index (χ4v) is 5.21. The molecule has 37 heavy (non-hydrogen) atoms. The molecule has 6 nitrogen and oxygen atoms in total. The van der Waals surface area contributed by atoms with E-state index in [-0.39, 0.29) is 32.3 Å². The number of rotatable bonds is 16. The number of amides is 1. The quantitative estimate of drug-likeness (QED) is 0.137. The predicted molar refractivity (Wildman–Crippen MR) is 100 cm³/mol. The van der Waals surface area contributed by atoms with Crippen molar-refractivity contribution in [3.8, 4) is 0 Å². The third kappa shape index (κ3) is 7.52. The Labute approximate surface area is 203 Å². The lowest BCUT2D eigenvalue weighted by Gasteiger charge is -2.39. The Kier molecular flexibility index (Phi) is 12.0. The van der Waals surface area contributed by atoms with Crippen LogP contribution in [-0.4, -0.2) is 83.7 Å². The topological polar surface area (TPSA) is 66.0 Å². The Morgan fingerprint density at radius 2 is 1.08 bits per heavy atom. The summed E-state index contributed by atoms with van der Waals surface area (Å²) in [4.78, 5) is 11.5. The molecular weight excluding hydrogens is 573 g/mol. The fourth-order valence-electron chi connectivity index (χ4n) is 2.60. The largest absolute Gasteiger partial charge is 0.500 e. The third-order valence-electron chi connectivity index (χ3n) is 4.40. The summed E-state index contributed by atoms with van der Waals surface area (Å²) in [6.07, 6.45) is -9.50. The minimum Gasteiger partial charge on any atom is -0.443 e. The van der Waals surface area contributed by atoms with Crippen molar-refractivity contribution in [2.75, 3.05) is 33.0 Å². The first-order valence-electron chi connectivity index (χ1n) is 10.3. The molecular formula is C17H24F13NO5Si. The van der Waals surface area contributed by atoms with Crippen LogP contribution in [0.25, 0.3) is 0 Å². The molecule has 0 heterocycles. The van der Waals surface area contributed by atoms with Gasteiger partial charge in [0.15, 0.2) is 6.61 Å². The first-order chi connectivity index (χ1) is 16.5. The second kappa shape index (κ2) is 12.5. The minimum absolute atomic E-state index is 0.0370. The third-order valence-corrected chi connectivity index (χ3v) is 7.56. The molecule has 0 radical (unpaired) electrons. The summed E-state index contributed by atoms with van der Waals surface area (Å²) in [5, 5.41) is 1.73.